The molecule has 1 aromatic carbocycles. The normalized spacial score (nSPS) is 10.6. The van der Waals surface area contributed by atoms with Crippen molar-refractivity contribution in [1.29, 1.82) is 0 Å². The zero-order chi connectivity index (χ0) is 14.8. The van der Waals surface area contributed by atoms with Crippen LogP contribution in [0.1, 0.15) is 5.56 Å². The van der Waals surface area contributed by atoms with Gasteiger partial charge in [0.1, 0.15) is 10.3 Å². The highest BCUT2D eigenvalue weighted by atomic mass is 35.5. The average molecular weight is 314 g/mol. The number of hydrogen-bond acceptors (Lipinski definition) is 3. The predicted molar refractivity (Wildman–Crippen MR) is 87.8 cm³/mol. The van der Waals surface area contributed by atoms with Gasteiger partial charge in [-0.05, 0) is 24.6 Å². The predicted octanol–water partition coefficient (Wildman–Crippen LogP) is 4.83. The molecule has 0 amide bonds. The highest BCUT2D eigenvalue weighted by Gasteiger charge is 2.11. The molecular weight excluding hydrogens is 302 g/mol. The fourth-order valence-electron chi connectivity index (χ4n) is 2.10. The number of nitrogens with one attached hydrogen (secondary N) is 1. The number of aromatic amines is 1. The number of rotatable bonds is 2. The third kappa shape index (κ3) is 2.73. The van der Waals surface area contributed by atoms with E-state index in [4.69, 9.17) is 23.8 Å². The summed E-state index contributed by atoms with van der Waals surface area (Å²) in [5.41, 5.74) is 3.53. The molecule has 3 rings (SSSR count). The van der Waals surface area contributed by atoms with Crippen LogP contribution >= 0.6 is 23.8 Å². The molecule has 3 nitrogen and oxygen atoms in total. The first-order valence-corrected chi connectivity index (χ1v) is 7.22. The van der Waals surface area contributed by atoms with E-state index in [0.29, 0.717) is 21.2 Å². The number of H-pyrrole nitrogens is 1. The molecule has 104 valence electrons. The molecule has 0 saturated carbocycles. The van der Waals surface area contributed by atoms with E-state index >= 15 is 0 Å². The van der Waals surface area contributed by atoms with Crippen molar-refractivity contribution in [3.05, 3.63) is 63.9 Å². The number of aromatic nitrogens is 3. The molecule has 2 heterocycles. The van der Waals surface area contributed by atoms with E-state index in [1.807, 2.05) is 37.3 Å². The van der Waals surface area contributed by atoms with Crippen molar-refractivity contribution in [2.24, 2.45) is 0 Å². The van der Waals surface area contributed by atoms with Crippen LogP contribution in [0.2, 0.25) is 5.02 Å². The summed E-state index contributed by atoms with van der Waals surface area (Å²) in [7, 11) is 0. The van der Waals surface area contributed by atoms with Gasteiger partial charge in [-0.1, -0.05) is 54.2 Å². The Hall–Kier alpha value is -2.04. The number of hydrogen-bond donors (Lipinski definition) is 1. The lowest BCUT2D eigenvalue weighted by Crippen LogP contribution is -1.98. The van der Waals surface area contributed by atoms with Crippen LogP contribution in [0.25, 0.3) is 22.8 Å². The largest absolute Gasteiger partial charge is 0.338 e. The first-order valence-electron chi connectivity index (χ1n) is 6.44. The number of benzene rings is 1. The van der Waals surface area contributed by atoms with Crippen LogP contribution < -0.4 is 0 Å². The smallest absolute Gasteiger partial charge is 0.159 e. The quantitative estimate of drug-likeness (QED) is 0.689. The molecule has 0 aliphatic rings. The van der Waals surface area contributed by atoms with Crippen molar-refractivity contribution in [2.45, 2.75) is 6.92 Å². The lowest BCUT2D eigenvalue weighted by molar-refractivity contribution is 1.10. The molecule has 0 bridgehead atoms. The highest BCUT2D eigenvalue weighted by molar-refractivity contribution is 7.71. The monoisotopic (exact) mass is 313 g/mol. The van der Waals surface area contributed by atoms with Gasteiger partial charge < -0.3 is 4.98 Å². The molecule has 2 aromatic heterocycles. The van der Waals surface area contributed by atoms with Crippen LogP contribution in [-0.2, 0) is 0 Å². The van der Waals surface area contributed by atoms with E-state index < -0.39 is 0 Å². The maximum atomic E-state index is 6.19. The van der Waals surface area contributed by atoms with Crippen molar-refractivity contribution in [2.75, 3.05) is 0 Å². The summed E-state index contributed by atoms with van der Waals surface area (Å²) in [6, 6.07) is 13.6. The molecule has 3 aromatic rings. The van der Waals surface area contributed by atoms with Crippen LogP contribution in [0.4, 0.5) is 0 Å². The van der Waals surface area contributed by atoms with E-state index in [-0.39, 0.29) is 0 Å². The maximum Gasteiger partial charge on any atom is 0.159 e. The van der Waals surface area contributed by atoms with Gasteiger partial charge >= 0.3 is 0 Å². The van der Waals surface area contributed by atoms with E-state index in [2.05, 4.69) is 15.0 Å². The van der Waals surface area contributed by atoms with Crippen molar-refractivity contribution >= 4 is 23.8 Å². The van der Waals surface area contributed by atoms with E-state index in [9.17, 15) is 0 Å². The zero-order valence-corrected chi connectivity index (χ0v) is 12.9. The topological polar surface area (TPSA) is 41.6 Å². The summed E-state index contributed by atoms with van der Waals surface area (Å²) in [5.74, 6) is 0.579. The Balaban J connectivity index is 2.24. The Labute approximate surface area is 132 Å². The fourth-order valence-corrected chi connectivity index (χ4v) is 2.50. The van der Waals surface area contributed by atoms with Crippen molar-refractivity contribution < 1.29 is 0 Å². The minimum atomic E-state index is 0.540. The minimum absolute atomic E-state index is 0.540. The second-order valence-electron chi connectivity index (χ2n) is 4.59. The van der Waals surface area contributed by atoms with Crippen LogP contribution in [0, 0.1) is 11.6 Å². The zero-order valence-electron chi connectivity index (χ0n) is 11.3. The first kappa shape index (κ1) is 13.9. The summed E-state index contributed by atoms with van der Waals surface area (Å²) >= 11 is 11.6. The SMILES string of the molecule is Cc1c(-c2ccccc2)[nH]c(-c2ncccc2Cl)nc1=S. The van der Waals surface area contributed by atoms with Crippen LogP contribution in [-0.4, -0.2) is 15.0 Å². The number of nitrogens with zero attached hydrogens (tertiary/aromatic N) is 2. The van der Waals surface area contributed by atoms with Gasteiger partial charge in [0, 0.05) is 11.8 Å². The van der Waals surface area contributed by atoms with Gasteiger partial charge in [-0.2, -0.15) is 0 Å². The molecule has 0 atom stereocenters. The molecular formula is C16H12ClN3S. The summed E-state index contributed by atoms with van der Waals surface area (Å²) in [6.07, 6.45) is 1.68. The molecule has 0 aliphatic heterocycles. The minimum Gasteiger partial charge on any atom is -0.338 e. The third-order valence-corrected chi connectivity index (χ3v) is 3.90. The Morgan fingerprint density at radius 2 is 1.86 bits per heavy atom. The molecule has 5 heteroatoms. The summed E-state index contributed by atoms with van der Waals surface area (Å²) in [5, 5.41) is 0.540. The van der Waals surface area contributed by atoms with Gasteiger partial charge in [-0.3, -0.25) is 4.98 Å². The Kier molecular flexibility index (Phi) is 3.82. The van der Waals surface area contributed by atoms with Crippen LogP contribution in [0.15, 0.2) is 48.7 Å². The van der Waals surface area contributed by atoms with E-state index in [0.717, 1.165) is 16.8 Å². The second-order valence-corrected chi connectivity index (χ2v) is 5.38. The van der Waals surface area contributed by atoms with E-state index in [1.54, 1.807) is 18.3 Å². The third-order valence-electron chi connectivity index (χ3n) is 3.20. The van der Waals surface area contributed by atoms with Gasteiger partial charge in [0.2, 0.25) is 0 Å². The number of pyridine rings is 1. The molecule has 0 radical (unpaired) electrons. The standard InChI is InChI=1S/C16H12ClN3S/c1-10-13(11-6-3-2-4-7-11)19-15(20-16(10)21)14-12(17)8-5-9-18-14/h2-9H,1H3,(H,19,20,21). The molecule has 0 fully saturated rings. The van der Waals surface area contributed by atoms with Crippen LogP contribution in [0.3, 0.4) is 0 Å². The first-order chi connectivity index (χ1) is 10.2. The summed E-state index contributed by atoms with van der Waals surface area (Å²) in [6.45, 7) is 1.96. The lowest BCUT2D eigenvalue weighted by Gasteiger charge is -2.10. The van der Waals surface area contributed by atoms with Gasteiger partial charge in [-0.15, -0.1) is 0 Å². The fraction of sp³-hybridized carbons (Fsp3) is 0.0625. The van der Waals surface area contributed by atoms with Gasteiger partial charge in [0.25, 0.3) is 0 Å². The maximum absolute atomic E-state index is 6.19. The molecule has 0 aliphatic carbocycles. The van der Waals surface area contributed by atoms with Crippen molar-refractivity contribution in [1.82, 2.24) is 15.0 Å². The van der Waals surface area contributed by atoms with Crippen LogP contribution in [0.5, 0.6) is 0 Å². The summed E-state index contributed by atoms with van der Waals surface area (Å²) in [4.78, 5) is 12.0. The van der Waals surface area contributed by atoms with Crippen molar-refractivity contribution in [3.8, 4) is 22.8 Å². The molecule has 21 heavy (non-hydrogen) atoms. The number of halogens is 1. The molecule has 1 N–H and O–H groups in total. The molecule has 0 saturated heterocycles. The Morgan fingerprint density at radius 3 is 2.57 bits per heavy atom. The summed E-state index contributed by atoms with van der Waals surface area (Å²) < 4.78 is 0.546. The molecule has 0 spiro atoms. The second kappa shape index (κ2) is 5.76. The van der Waals surface area contributed by atoms with Crippen molar-refractivity contribution in [3.63, 3.8) is 0 Å². The Morgan fingerprint density at radius 1 is 1.10 bits per heavy atom. The van der Waals surface area contributed by atoms with Gasteiger partial charge in [-0.25, -0.2) is 4.98 Å². The lowest BCUT2D eigenvalue weighted by atomic mass is 10.1. The molecule has 0 unspecified atom stereocenters. The van der Waals surface area contributed by atoms with Gasteiger partial charge in [0.15, 0.2) is 5.82 Å². The van der Waals surface area contributed by atoms with Gasteiger partial charge in [0.05, 0.1) is 10.7 Å². The average Bonchev–Trinajstić information content (AvgIpc) is 2.51. The highest BCUT2D eigenvalue weighted by Crippen LogP contribution is 2.27. The Bertz CT molecular complexity index is 844. The van der Waals surface area contributed by atoms with E-state index in [1.165, 1.54) is 0 Å².